The Hall–Kier alpha value is -1.52. The van der Waals surface area contributed by atoms with Gasteiger partial charge >= 0.3 is 0 Å². The molecule has 2 rings (SSSR count). The Morgan fingerprint density at radius 3 is 2.10 bits per heavy atom. The van der Waals surface area contributed by atoms with Crippen LogP contribution in [-0.2, 0) is 15.8 Å². The third kappa shape index (κ3) is 4.25. The van der Waals surface area contributed by atoms with Gasteiger partial charge < -0.3 is 0 Å². The molecule has 0 heterocycles. The summed E-state index contributed by atoms with van der Waals surface area (Å²) in [6, 6.07) is 12.4. The lowest BCUT2D eigenvalue weighted by atomic mass is 10.1. The summed E-state index contributed by atoms with van der Waals surface area (Å²) in [5.41, 5.74) is 3.34. The van der Waals surface area contributed by atoms with Crippen LogP contribution in [0.25, 0.3) is 0 Å². The van der Waals surface area contributed by atoms with Crippen LogP contribution in [0, 0.1) is 13.8 Å². The molecule has 3 nitrogen and oxygen atoms in total. The van der Waals surface area contributed by atoms with E-state index in [9.17, 15) is 8.42 Å². The summed E-state index contributed by atoms with van der Waals surface area (Å²) in [4.78, 5) is 0. The Morgan fingerprint density at radius 1 is 1.00 bits per heavy atom. The minimum atomic E-state index is -3.43. The summed E-state index contributed by atoms with van der Waals surface area (Å²) in [6.45, 7) is 3.87. The summed E-state index contributed by atoms with van der Waals surface area (Å²) in [5.74, 6) is -0.0723. The molecule has 2 aromatic carbocycles. The quantitative estimate of drug-likeness (QED) is 0.931. The van der Waals surface area contributed by atoms with Crippen molar-refractivity contribution in [3.05, 3.63) is 64.2 Å². The average Bonchev–Trinajstić information content (AvgIpc) is 2.29. The number of anilines is 1. The highest BCUT2D eigenvalue weighted by atomic mass is 35.5. The first kappa shape index (κ1) is 14.9. The number of rotatable bonds is 4. The molecular weight excluding hydrogens is 294 g/mol. The zero-order valence-corrected chi connectivity index (χ0v) is 12.9. The number of nitrogens with one attached hydrogen (secondary N) is 1. The van der Waals surface area contributed by atoms with Crippen LogP contribution in [0.15, 0.2) is 42.5 Å². The first-order valence-electron chi connectivity index (χ1n) is 6.17. The molecule has 106 valence electrons. The van der Waals surface area contributed by atoms with Crippen LogP contribution in [0.2, 0.25) is 5.02 Å². The molecule has 1 N–H and O–H groups in total. The topological polar surface area (TPSA) is 46.2 Å². The largest absolute Gasteiger partial charge is 0.283 e. The predicted octanol–water partition coefficient (Wildman–Crippen LogP) is 3.90. The third-order valence-corrected chi connectivity index (χ3v) is 4.28. The Kier molecular flexibility index (Phi) is 4.35. The van der Waals surface area contributed by atoms with Crippen molar-refractivity contribution in [1.29, 1.82) is 0 Å². The van der Waals surface area contributed by atoms with Crippen molar-refractivity contribution in [1.82, 2.24) is 0 Å². The second-order valence-electron chi connectivity index (χ2n) is 4.86. The number of halogens is 1. The van der Waals surface area contributed by atoms with E-state index < -0.39 is 10.0 Å². The van der Waals surface area contributed by atoms with Gasteiger partial charge in [-0.25, -0.2) is 8.42 Å². The first-order chi connectivity index (χ1) is 9.34. The van der Waals surface area contributed by atoms with Gasteiger partial charge in [-0.05, 0) is 54.8 Å². The minimum absolute atomic E-state index is 0.0723. The lowest BCUT2D eigenvalue weighted by Crippen LogP contribution is -2.15. The van der Waals surface area contributed by atoms with Gasteiger partial charge in [0.25, 0.3) is 0 Å². The molecule has 0 saturated heterocycles. The number of hydrogen-bond acceptors (Lipinski definition) is 2. The maximum atomic E-state index is 12.1. The van der Waals surface area contributed by atoms with Crippen molar-refractivity contribution >= 4 is 27.3 Å². The van der Waals surface area contributed by atoms with Crippen LogP contribution in [-0.4, -0.2) is 8.42 Å². The van der Waals surface area contributed by atoms with Gasteiger partial charge in [-0.2, -0.15) is 0 Å². The van der Waals surface area contributed by atoms with E-state index in [0.717, 1.165) is 11.1 Å². The monoisotopic (exact) mass is 309 g/mol. The summed E-state index contributed by atoms with van der Waals surface area (Å²) < 4.78 is 26.9. The number of hydrogen-bond donors (Lipinski definition) is 1. The fourth-order valence-electron chi connectivity index (χ4n) is 2.05. The predicted molar refractivity (Wildman–Crippen MR) is 83.6 cm³/mol. The molecule has 0 saturated carbocycles. The van der Waals surface area contributed by atoms with E-state index in [1.54, 1.807) is 24.3 Å². The third-order valence-electron chi connectivity index (χ3n) is 2.76. The van der Waals surface area contributed by atoms with E-state index in [4.69, 9.17) is 11.6 Å². The fraction of sp³-hybridized carbons (Fsp3) is 0.200. The van der Waals surface area contributed by atoms with Crippen molar-refractivity contribution in [2.75, 3.05) is 4.72 Å². The summed E-state index contributed by atoms with van der Waals surface area (Å²) in [7, 11) is -3.43. The molecule has 0 unspecified atom stereocenters. The van der Waals surface area contributed by atoms with E-state index >= 15 is 0 Å². The molecule has 0 aliphatic carbocycles. The summed E-state index contributed by atoms with van der Waals surface area (Å²) in [5, 5.41) is 0.591. The van der Waals surface area contributed by atoms with E-state index in [1.165, 1.54) is 0 Å². The lowest BCUT2D eigenvalue weighted by molar-refractivity contribution is 0.600. The maximum Gasteiger partial charge on any atom is 0.236 e. The Labute approximate surface area is 124 Å². The van der Waals surface area contributed by atoms with Gasteiger partial charge in [-0.3, -0.25) is 4.72 Å². The molecular formula is C15H16ClNO2S. The number of benzene rings is 2. The molecule has 5 heteroatoms. The second-order valence-corrected chi connectivity index (χ2v) is 7.02. The zero-order valence-electron chi connectivity index (χ0n) is 11.4. The van der Waals surface area contributed by atoms with Gasteiger partial charge in [-0.15, -0.1) is 0 Å². The van der Waals surface area contributed by atoms with E-state index in [0.29, 0.717) is 16.3 Å². The molecule has 2 aromatic rings. The molecule has 0 aliphatic rings. The van der Waals surface area contributed by atoms with Crippen LogP contribution in [0.4, 0.5) is 5.69 Å². The van der Waals surface area contributed by atoms with E-state index in [2.05, 4.69) is 4.72 Å². The average molecular weight is 310 g/mol. The van der Waals surface area contributed by atoms with Crippen molar-refractivity contribution in [2.45, 2.75) is 19.6 Å². The lowest BCUT2D eigenvalue weighted by Gasteiger charge is -2.10. The maximum absolute atomic E-state index is 12.1. The number of sulfonamides is 1. The van der Waals surface area contributed by atoms with E-state index in [-0.39, 0.29) is 5.75 Å². The van der Waals surface area contributed by atoms with Crippen molar-refractivity contribution < 1.29 is 8.42 Å². The highest BCUT2D eigenvalue weighted by Crippen LogP contribution is 2.17. The van der Waals surface area contributed by atoms with Crippen LogP contribution in [0.5, 0.6) is 0 Å². The first-order valence-corrected chi connectivity index (χ1v) is 8.20. The van der Waals surface area contributed by atoms with Gasteiger partial charge in [0.05, 0.1) is 5.75 Å². The standard InChI is InChI=1S/C15H16ClNO2S/c1-11-7-12(2)9-15(8-11)17-20(18,19)10-13-3-5-14(16)6-4-13/h3-9,17H,10H2,1-2H3. The molecule has 0 amide bonds. The molecule has 0 fully saturated rings. The van der Waals surface area contributed by atoms with Crippen molar-refractivity contribution in [3.8, 4) is 0 Å². The molecule has 0 bridgehead atoms. The summed E-state index contributed by atoms with van der Waals surface area (Å²) >= 11 is 5.78. The van der Waals surface area contributed by atoms with Gasteiger partial charge in [0.15, 0.2) is 0 Å². The van der Waals surface area contributed by atoms with E-state index in [1.807, 2.05) is 32.0 Å². The summed E-state index contributed by atoms with van der Waals surface area (Å²) in [6.07, 6.45) is 0. The normalized spacial score (nSPS) is 11.3. The minimum Gasteiger partial charge on any atom is -0.283 e. The fourth-order valence-corrected chi connectivity index (χ4v) is 3.36. The molecule has 0 aliphatic heterocycles. The zero-order chi connectivity index (χ0) is 14.8. The molecule has 20 heavy (non-hydrogen) atoms. The Morgan fingerprint density at radius 2 is 1.55 bits per heavy atom. The van der Waals surface area contributed by atoms with Gasteiger partial charge in [0, 0.05) is 10.7 Å². The Bertz CT molecular complexity index is 689. The highest BCUT2D eigenvalue weighted by molar-refractivity contribution is 7.91. The molecule has 0 atom stereocenters. The molecule has 0 aromatic heterocycles. The van der Waals surface area contributed by atoms with Gasteiger partial charge in [-0.1, -0.05) is 29.8 Å². The second kappa shape index (κ2) is 5.85. The van der Waals surface area contributed by atoms with Gasteiger partial charge in [0.1, 0.15) is 0 Å². The van der Waals surface area contributed by atoms with Crippen molar-refractivity contribution in [3.63, 3.8) is 0 Å². The smallest absolute Gasteiger partial charge is 0.236 e. The van der Waals surface area contributed by atoms with Crippen LogP contribution < -0.4 is 4.72 Å². The van der Waals surface area contributed by atoms with Crippen molar-refractivity contribution in [2.24, 2.45) is 0 Å². The number of aryl methyl sites for hydroxylation is 2. The van der Waals surface area contributed by atoms with Crippen LogP contribution in [0.1, 0.15) is 16.7 Å². The molecule has 0 radical (unpaired) electrons. The van der Waals surface area contributed by atoms with Crippen LogP contribution in [0.3, 0.4) is 0 Å². The van der Waals surface area contributed by atoms with Crippen LogP contribution >= 0.6 is 11.6 Å². The highest BCUT2D eigenvalue weighted by Gasteiger charge is 2.12. The Balaban J connectivity index is 2.16. The van der Waals surface area contributed by atoms with Gasteiger partial charge in [0.2, 0.25) is 10.0 Å². The SMILES string of the molecule is Cc1cc(C)cc(NS(=O)(=O)Cc2ccc(Cl)cc2)c1. The molecule has 0 spiro atoms.